The van der Waals surface area contributed by atoms with E-state index in [1.165, 1.54) is 11.1 Å². The van der Waals surface area contributed by atoms with Gasteiger partial charge in [-0.1, -0.05) is 0 Å². The van der Waals surface area contributed by atoms with Crippen molar-refractivity contribution in [3.63, 3.8) is 0 Å². The molecule has 1 aliphatic rings. The number of aryl methyl sites for hydroxylation is 2. The van der Waals surface area contributed by atoms with Gasteiger partial charge in [-0.2, -0.15) is 13.2 Å². The Hall–Kier alpha value is -3.43. The molecule has 1 saturated heterocycles. The maximum Gasteiger partial charge on any atom is 0.416 e. The van der Waals surface area contributed by atoms with Gasteiger partial charge in [0.15, 0.2) is 0 Å². The lowest BCUT2D eigenvalue weighted by Gasteiger charge is -2.18. The Bertz CT molecular complexity index is 1240. The molecule has 0 saturated carbocycles. The van der Waals surface area contributed by atoms with E-state index < -0.39 is 29.2 Å². The third-order valence-electron chi connectivity index (χ3n) is 5.41. The van der Waals surface area contributed by atoms with Crippen LogP contribution in [0.2, 0.25) is 0 Å². The average Bonchev–Trinajstić information content (AvgIpc) is 3.21. The number of amides is 1. The number of nitrogens with zero attached hydrogens (tertiary/aromatic N) is 4. The minimum absolute atomic E-state index is 0.0304. The third kappa shape index (κ3) is 4.17. The fourth-order valence-electron chi connectivity index (χ4n) is 3.75. The fourth-order valence-corrected chi connectivity index (χ4v) is 3.75. The monoisotopic (exact) mass is 446 g/mol. The lowest BCUT2D eigenvalue weighted by atomic mass is 10.1. The summed E-state index contributed by atoms with van der Waals surface area (Å²) >= 11 is 0. The van der Waals surface area contributed by atoms with Gasteiger partial charge in [-0.05, 0) is 32.0 Å². The zero-order chi connectivity index (χ0) is 23.0. The van der Waals surface area contributed by atoms with Crippen LogP contribution in [-0.4, -0.2) is 44.5 Å². The molecule has 0 radical (unpaired) electrons. The Labute approximate surface area is 181 Å². The molecule has 1 fully saturated rings. The lowest BCUT2D eigenvalue weighted by Crippen LogP contribution is -2.34. The summed E-state index contributed by atoms with van der Waals surface area (Å²) in [5.74, 6) is -0.595. The molecule has 0 bridgehead atoms. The topological polar surface area (TPSA) is 77.3 Å². The van der Waals surface area contributed by atoms with Crippen LogP contribution in [0, 0.1) is 6.92 Å². The first-order valence-corrected chi connectivity index (χ1v) is 10.2. The van der Waals surface area contributed by atoms with Crippen molar-refractivity contribution < 1.29 is 22.7 Å². The minimum Gasteiger partial charge on any atom is -0.472 e. The molecule has 0 aliphatic carbocycles. The third-order valence-corrected chi connectivity index (χ3v) is 5.41. The van der Waals surface area contributed by atoms with Crippen molar-refractivity contribution in [1.29, 1.82) is 0 Å². The summed E-state index contributed by atoms with van der Waals surface area (Å²) in [5, 5.41) is 0.364. The summed E-state index contributed by atoms with van der Waals surface area (Å²) in [6.07, 6.45) is -2.05. The fraction of sp³-hybridized carbons (Fsp3) is 0.364. The van der Waals surface area contributed by atoms with Crippen molar-refractivity contribution in [3.05, 3.63) is 63.7 Å². The molecule has 0 spiro atoms. The molecular weight excluding hydrogens is 425 g/mol. The van der Waals surface area contributed by atoms with Gasteiger partial charge < -0.3 is 14.2 Å². The van der Waals surface area contributed by atoms with E-state index in [1.807, 2.05) is 13.8 Å². The Morgan fingerprint density at radius 2 is 2.06 bits per heavy atom. The molecule has 0 N–H and O–H groups in total. The van der Waals surface area contributed by atoms with Crippen LogP contribution in [0.15, 0.2) is 41.5 Å². The lowest BCUT2D eigenvalue weighted by molar-refractivity contribution is -0.137. The molecule has 1 amide bonds. The number of likely N-dealkylation sites (tertiary alicyclic amines) is 1. The molecular formula is C22H21F3N4O3. The number of carbonyl (C=O) groups is 1. The summed E-state index contributed by atoms with van der Waals surface area (Å²) < 4.78 is 46.0. The van der Waals surface area contributed by atoms with Crippen molar-refractivity contribution >= 4 is 16.9 Å². The molecule has 10 heteroatoms. The van der Waals surface area contributed by atoms with Crippen molar-refractivity contribution in [2.75, 3.05) is 13.1 Å². The first-order valence-electron chi connectivity index (χ1n) is 10.2. The van der Waals surface area contributed by atoms with Crippen LogP contribution in [0.25, 0.3) is 11.0 Å². The highest BCUT2D eigenvalue weighted by Crippen LogP contribution is 2.31. The molecule has 4 rings (SSSR count). The van der Waals surface area contributed by atoms with Gasteiger partial charge in [-0.15, -0.1) is 0 Å². The van der Waals surface area contributed by atoms with E-state index in [0.29, 0.717) is 30.5 Å². The van der Waals surface area contributed by atoms with Crippen LogP contribution >= 0.6 is 0 Å². The van der Waals surface area contributed by atoms with Crippen LogP contribution in [0.4, 0.5) is 13.2 Å². The van der Waals surface area contributed by atoms with Crippen LogP contribution in [0.3, 0.4) is 0 Å². The van der Waals surface area contributed by atoms with Crippen molar-refractivity contribution in [3.8, 4) is 5.88 Å². The first-order chi connectivity index (χ1) is 15.2. The van der Waals surface area contributed by atoms with Crippen LogP contribution < -0.4 is 10.2 Å². The summed E-state index contributed by atoms with van der Waals surface area (Å²) in [6.45, 7) is 4.71. The Morgan fingerprint density at radius 1 is 1.28 bits per heavy atom. The molecule has 1 aliphatic heterocycles. The summed E-state index contributed by atoms with van der Waals surface area (Å²) in [4.78, 5) is 35.8. The maximum absolute atomic E-state index is 13.1. The number of carbonyl (C=O) groups excluding carboxylic acids is 1. The zero-order valence-corrected chi connectivity index (χ0v) is 17.5. The summed E-state index contributed by atoms with van der Waals surface area (Å²) in [7, 11) is 0. The Morgan fingerprint density at radius 3 is 2.78 bits per heavy atom. The molecule has 32 heavy (non-hydrogen) atoms. The molecule has 1 unspecified atom stereocenters. The van der Waals surface area contributed by atoms with Gasteiger partial charge in [0.25, 0.3) is 5.91 Å². The molecule has 0 aromatic carbocycles. The number of fused-ring (bicyclic) bond motifs is 1. The van der Waals surface area contributed by atoms with Gasteiger partial charge in [0.2, 0.25) is 11.3 Å². The Balaban J connectivity index is 1.55. The van der Waals surface area contributed by atoms with Gasteiger partial charge in [-0.25, -0.2) is 9.97 Å². The number of rotatable bonds is 4. The second kappa shape index (κ2) is 8.25. The largest absolute Gasteiger partial charge is 0.472 e. The highest BCUT2D eigenvalue weighted by Gasteiger charge is 2.33. The van der Waals surface area contributed by atoms with Gasteiger partial charge in [0, 0.05) is 43.7 Å². The predicted molar refractivity (Wildman–Crippen MR) is 111 cm³/mol. The van der Waals surface area contributed by atoms with E-state index in [1.54, 1.807) is 16.7 Å². The van der Waals surface area contributed by atoms with E-state index in [4.69, 9.17) is 4.74 Å². The molecule has 4 heterocycles. The SMILES string of the molecule is CCn1cc(C(=O)N2CCC(Oc3cc(C(F)(F)F)ccn3)C2)c(=O)c2ccc(C)nc21. The number of aromatic nitrogens is 3. The molecule has 1 atom stereocenters. The van der Waals surface area contributed by atoms with Gasteiger partial charge in [0.1, 0.15) is 17.3 Å². The van der Waals surface area contributed by atoms with E-state index in [9.17, 15) is 22.8 Å². The van der Waals surface area contributed by atoms with Crippen LogP contribution in [0.1, 0.15) is 35.0 Å². The van der Waals surface area contributed by atoms with E-state index in [0.717, 1.165) is 24.0 Å². The Kier molecular flexibility index (Phi) is 5.62. The normalized spacial score (nSPS) is 16.5. The molecule has 3 aromatic heterocycles. The van der Waals surface area contributed by atoms with Gasteiger partial charge >= 0.3 is 6.18 Å². The highest BCUT2D eigenvalue weighted by atomic mass is 19.4. The predicted octanol–water partition coefficient (Wildman–Crippen LogP) is 3.43. The number of hydrogen-bond acceptors (Lipinski definition) is 5. The smallest absolute Gasteiger partial charge is 0.416 e. The van der Waals surface area contributed by atoms with E-state index >= 15 is 0 Å². The van der Waals surface area contributed by atoms with E-state index in [2.05, 4.69) is 9.97 Å². The summed E-state index contributed by atoms with van der Waals surface area (Å²) in [6, 6.07) is 5.09. The number of halogens is 3. The molecule has 3 aromatic rings. The maximum atomic E-state index is 13.1. The molecule has 7 nitrogen and oxygen atoms in total. The highest BCUT2D eigenvalue weighted by molar-refractivity contribution is 5.97. The van der Waals surface area contributed by atoms with Crippen molar-refractivity contribution in [2.24, 2.45) is 0 Å². The van der Waals surface area contributed by atoms with E-state index in [-0.39, 0.29) is 18.0 Å². The zero-order valence-electron chi connectivity index (χ0n) is 17.5. The quantitative estimate of drug-likeness (QED) is 0.614. The van der Waals surface area contributed by atoms with Crippen molar-refractivity contribution in [2.45, 2.75) is 39.1 Å². The molecule has 168 valence electrons. The minimum atomic E-state index is -4.50. The van der Waals surface area contributed by atoms with Crippen LogP contribution in [0.5, 0.6) is 5.88 Å². The standard InChI is InChI=1S/C22H21F3N4O3/c1-3-28-12-17(19(30)16-5-4-13(2)27-20(16)28)21(31)29-9-7-15(11-29)32-18-10-14(6-8-26-18)22(23,24)25/h4-6,8,10,12,15H,3,7,9,11H2,1-2H3. The van der Waals surface area contributed by atoms with Crippen molar-refractivity contribution in [1.82, 2.24) is 19.4 Å². The second-order valence-electron chi connectivity index (χ2n) is 7.64. The average molecular weight is 446 g/mol. The van der Waals surface area contributed by atoms with Gasteiger partial charge in [0.05, 0.1) is 17.5 Å². The van der Waals surface area contributed by atoms with Gasteiger partial charge in [-0.3, -0.25) is 9.59 Å². The number of pyridine rings is 3. The van der Waals surface area contributed by atoms with Crippen LogP contribution in [-0.2, 0) is 12.7 Å². The number of ether oxygens (including phenoxy) is 1. The first kappa shape index (κ1) is 21.8. The number of alkyl halides is 3. The summed E-state index contributed by atoms with van der Waals surface area (Å²) in [5.41, 5.74) is 0.0655. The number of hydrogen-bond donors (Lipinski definition) is 0. The second-order valence-corrected chi connectivity index (χ2v) is 7.64.